The summed E-state index contributed by atoms with van der Waals surface area (Å²) in [6.45, 7) is 6.04. The number of ether oxygens (including phenoxy) is 1. The van der Waals surface area contributed by atoms with Crippen LogP contribution in [0.1, 0.15) is 18.9 Å². The minimum absolute atomic E-state index is 0.0812. The molecule has 0 spiro atoms. The third-order valence-corrected chi connectivity index (χ3v) is 6.50. The summed E-state index contributed by atoms with van der Waals surface area (Å²) < 4.78 is 33.7. The van der Waals surface area contributed by atoms with Crippen LogP contribution in [0.3, 0.4) is 0 Å². The van der Waals surface area contributed by atoms with E-state index in [1.165, 1.54) is 0 Å². The fraction of sp³-hybridized carbons (Fsp3) is 0.600. The zero-order chi connectivity index (χ0) is 15.9. The predicted molar refractivity (Wildman–Crippen MR) is 85.7 cm³/mol. The van der Waals surface area contributed by atoms with E-state index in [4.69, 9.17) is 16.3 Å². The van der Waals surface area contributed by atoms with Crippen LogP contribution in [0, 0.1) is 6.92 Å². The van der Waals surface area contributed by atoms with Gasteiger partial charge in [0.05, 0.1) is 17.6 Å². The van der Waals surface area contributed by atoms with Crippen molar-refractivity contribution in [3.05, 3.63) is 28.8 Å². The third kappa shape index (κ3) is 3.16. The van der Waals surface area contributed by atoms with E-state index in [1.54, 1.807) is 25.1 Å². The molecule has 0 aliphatic carbocycles. The molecule has 0 amide bonds. The lowest BCUT2D eigenvalue weighted by Gasteiger charge is -2.33. The minimum Gasteiger partial charge on any atom is -0.376 e. The molecule has 122 valence electrons. The molecule has 2 fully saturated rings. The molecule has 0 saturated carbocycles. The summed E-state index contributed by atoms with van der Waals surface area (Å²) >= 11 is 6.04. The van der Waals surface area contributed by atoms with Gasteiger partial charge < -0.3 is 4.74 Å². The Morgan fingerprint density at radius 3 is 2.91 bits per heavy atom. The van der Waals surface area contributed by atoms with Gasteiger partial charge in [-0.1, -0.05) is 17.7 Å². The number of benzene rings is 1. The number of sulfonamides is 1. The Morgan fingerprint density at radius 1 is 1.36 bits per heavy atom. The van der Waals surface area contributed by atoms with Crippen molar-refractivity contribution >= 4 is 21.6 Å². The van der Waals surface area contributed by atoms with Crippen molar-refractivity contribution in [1.82, 2.24) is 9.62 Å². The van der Waals surface area contributed by atoms with Crippen molar-refractivity contribution in [2.75, 3.05) is 19.7 Å². The summed E-state index contributed by atoms with van der Waals surface area (Å²) in [5.74, 6) is 0. The van der Waals surface area contributed by atoms with E-state index in [1.807, 2.05) is 6.92 Å². The fourth-order valence-electron chi connectivity index (χ4n) is 3.29. The van der Waals surface area contributed by atoms with Crippen LogP contribution in [-0.2, 0) is 14.8 Å². The number of morpholine rings is 1. The number of nitrogens with one attached hydrogen (secondary N) is 1. The van der Waals surface area contributed by atoms with Gasteiger partial charge >= 0.3 is 0 Å². The number of fused-ring (bicyclic) bond motifs is 1. The van der Waals surface area contributed by atoms with Gasteiger partial charge in [-0.3, -0.25) is 4.90 Å². The van der Waals surface area contributed by atoms with Gasteiger partial charge in [0.15, 0.2) is 0 Å². The maximum absolute atomic E-state index is 12.6. The number of rotatable bonds is 3. The standard InChI is InChI=1S/C15H21ClN2O3S/c1-10-7-18-8-12(6-13(18)9-21-10)17-22(19,20)15-5-3-4-14(16)11(15)2/h3-5,10,12-13,17H,6-9H2,1-2H3/t10-,12+,13-/m0/s1. The van der Waals surface area contributed by atoms with Crippen LogP contribution in [0.2, 0.25) is 5.02 Å². The molecule has 0 aromatic heterocycles. The Balaban J connectivity index is 1.74. The molecule has 3 atom stereocenters. The molecule has 2 aliphatic heterocycles. The average molecular weight is 345 g/mol. The Bertz CT molecular complexity index is 665. The molecule has 1 N–H and O–H groups in total. The van der Waals surface area contributed by atoms with Crippen molar-refractivity contribution in [2.24, 2.45) is 0 Å². The normalized spacial score (nSPS) is 29.5. The Labute approximate surface area is 136 Å². The zero-order valence-corrected chi connectivity index (χ0v) is 14.3. The summed E-state index contributed by atoms with van der Waals surface area (Å²) in [6, 6.07) is 5.19. The second-order valence-electron chi connectivity index (χ2n) is 6.17. The molecule has 5 nitrogen and oxygen atoms in total. The van der Waals surface area contributed by atoms with Gasteiger partial charge in [0.25, 0.3) is 0 Å². The second-order valence-corrected chi connectivity index (χ2v) is 8.26. The van der Waals surface area contributed by atoms with Crippen LogP contribution in [0.4, 0.5) is 0 Å². The summed E-state index contributed by atoms with van der Waals surface area (Å²) in [7, 11) is -3.56. The predicted octanol–water partition coefficient (Wildman–Crippen LogP) is 1.79. The van der Waals surface area contributed by atoms with Crippen LogP contribution >= 0.6 is 11.6 Å². The van der Waals surface area contributed by atoms with Crippen LogP contribution in [-0.4, -0.2) is 51.2 Å². The highest BCUT2D eigenvalue weighted by Crippen LogP contribution is 2.26. The van der Waals surface area contributed by atoms with Crippen LogP contribution in [0.25, 0.3) is 0 Å². The van der Waals surface area contributed by atoms with E-state index in [0.717, 1.165) is 19.5 Å². The second kappa shape index (κ2) is 6.09. The topological polar surface area (TPSA) is 58.6 Å². The average Bonchev–Trinajstić information content (AvgIpc) is 2.82. The molecule has 22 heavy (non-hydrogen) atoms. The molecule has 0 unspecified atom stereocenters. The first kappa shape index (κ1) is 16.2. The fourth-order valence-corrected chi connectivity index (χ4v) is 5.02. The summed E-state index contributed by atoms with van der Waals surface area (Å²) in [5.41, 5.74) is 0.587. The van der Waals surface area contributed by atoms with Crippen LogP contribution < -0.4 is 4.72 Å². The maximum Gasteiger partial charge on any atom is 0.241 e. The Morgan fingerprint density at radius 2 is 2.14 bits per heavy atom. The number of nitrogens with zero attached hydrogens (tertiary/aromatic N) is 1. The molecular weight excluding hydrogens is 324 g/mol. The Hall–Kier alpha value is -0.660. The van der Waals surface area contributed by atoms with Crippen molar-refractivity contribution in [3.63, 3.8) is 0 Å². The summed E-state index contributed by atoms with van der Waals surface area (Å²) in [4.78, 5) is 2.57. The first-order chi connectivity index (χ1) is 10.4. The molecule has 2 aliphatic rings. The van der Waals surface area contributed by atoms with Gasteiger partial charge in [0, 0.05) is 30.2 Å². The minimum atomic E-state index is -3.56. The Kier molecular flexibility index (Phi) is 4.49. The van der Waals surface area contributed by atoms with Gasteiger partial charge in [-0.25, -0.2) is 13.1 Å². The molecule has 3 rings (SSSR count). The van der Waals surface area contributed by atoms with E-state index in [-0.39, 0.29) is 17.0 Å². The molecular formula is C15H21ClN2O3S. The van der Waals surface area contributed by atoms with Crippen molar-refractivity contribution in [3.8, 4) is 0 Å². The van der Waals surface area contributed by atoms with Gasteiger partial charge in [-0.15, -0.1) is 0 Å². The first-order valence-electron chi connectivity index (χ1n) is 7.50. The highest BCUT2D eigenvalue weighted by Gasteiger charge is 2.38. The van der Waals surface area contributed by atoms with Gasteiger partial charge in [-0.2, -0.15) is 0 Å². The highest BCUT2D eigenvalue weighted by atomic mass is 35.5. The highest BCUT2D eigenvalue weighted by molar-refractivity contribution is 7.89. The lowest BCUT2D eigenvalue weighted by atomic mass is 10.2. The van der Waals surface area contributed by atoms with E-state index in [2.05, 4.69) is 9.62 Å². The summed E-state index contributed by atoms with van der Waals surface area (Å²) in [6.07, 6.45) is 0.993. The molecule has 2 heterocycles. The molecule has 1 aromatic rings. The zero-order valence-electron chi connectivity index (χ0n) is 12.8. The van der Waals surface area contributed by atoms with Gasteiger partial charge in [0.2, 0.25) is 10.0 Å². The lowest BCUT2D eigenvalue weighted by Crippen LogP contribution is -2.45. The van der Waals surface area contributed by atoms with Crippen molar-refractivity contribution in [1.29, 1.82) is 0 Å². The van der Waals surface area contributed by atoms with E-state index < -0.39 is 10.0 Å². The number of hydrogen-bond donors (Lipinski definition) is 1. The molecule has 0 bridgehead atoms. The summed E-state index contributed by atoms with van der Waals surface area (Å²) in [5, 5.41) is 0.467. The number of halogens is 1. The van der Waals surface area contributed by atoms with E-state index in [9.17, 15) is 8.42 Å². The maximum atomic E-state index is 12.6. The number of hydrogen-bond acceptors (Lipinski definition) is 4. The quantitative estimate of drug-likeness (QED) is 0.908. The largest absolute Gasteiger partial charge is 0.376 e. The molecule has 0 radical (unpaired) electrons. The van der Waals surface area contributed by atoms with Crippen LogP contribution in [0.15, 0.2) is 23.1 Å². The van der Waals surface area contributed by atoms with E-state index in [0.29, 0.717) is 23.2 Å². The van der Waals surface area contributed by atoms with Gasteiger partial charge in [0.1, 0.15) is 0 Å². The van der Waals surface area contributed by atoms with Crippen molar-refractivity contribution < 1.29 is 13.2 Å². The smallest absolute Gasteiger partial charge is 0.241 e. The first-order valence-corrected chi connectivity index (χ1v) is 9.36. The molecule has 2 saturated heterocycles. The van der Waals surface area contributed by atoms with Gasteiger partial charge in [-0.05, 0) is 38.0 Å². The molecule has 7 heteroatoms. The van der Waals surface area contributed by atoms with Crippen LogP contribution in [0.5, 0.6) is 0 Å². The van der Waals surface area contributed by atoms with E-state index >= 15 is 0 Å². The monoisotopic (exact) mass is 344 g/mol. The SMILES string of the molecule is Cc1c(Cl)cccc1S(=O)(=O)N[C@@H]1C[C@H]2CO[C@@H](C)CN2C1. The molecule has 1 aromatic carbocycles. The van der Waals surface area contributed by atoms with Crippen molar-refractivity contribution in [2.45, 2.75) is 43.4 Å². The lowest BCUT2D eigenvalue weighted by molar-refractivity contribution is -0.0390. The third-order valence-electron chi connectivity index (χ3n) is 4.42.